The fourth-order valence-corrected chi connectivity index (χ4v) is 8.32. The van der Waals surface area contributed by atoms with Gasteiger partial charge in [-0.3, -0.25) is 0 Å². The molecule has 0 unspecified atom stereocenters. The molecule has 0 radical (unpaired) electrons. The summed E-state index contributed by atoms with van der Waals surface area (Å²) < 4.78 is 59.8. The van der Waals surface area contributed by atoms with Crippen molar-refractivity contribution in [1.82, 2.24) is 0 Å². The summed E-state index contributed by atoms with van der Waals surface area (Å²) in [5.41, 5.74) is 6.57. The largest absolute Gasteiger partial charge is 0.387 e. The Morgan fingerprint density at radius 3 is 1.18 bits per heavy atom. The molecule has 2 aliphatic rings. The van der Waals surface area contributed by atoms with Crippen molar-refractivity contribution in [2.24, 2.45) is 0 Å². The van der Waals surface area contributed by atoms with Crippen molar-refractivity contribution in [1.29, 1.82) is 0 Å². The van der Waals surface area contributed by atoms with E-state index in [0.717, 1.165) is 33.4 Å². The van der Waals surface area contributed by atoms with Gasteiger partial charge in [0, 0.05) is 12.7 Å². The lowest BCUT2D eigenvalue weighted by atomic mass is 9.89. The number of aliphatic hydroxyl groups is 1. The topological polar surface area (TPSA) is 103 Å². The van der Waals surface area contributed by atoms with E-state index >= 15 is 0 Å². The molecule has 0 amide bonds. The van der Waals surface area contributed by atoms with Crippen molar-refractivity contribution in [3.05, 3.63) is 227 Å². The molecule has 10 nitrogen and oxygen atoms in total. The van der Waals surface area contributed by atoms with Crippen LogP contribution in [0.25, 0.3) is 0 Å². The zero-order valence-corrected chi connectivity index (χ0v) is 37.4. The standard InChI is InChI=1S/C56H60O10/c1-58-56-47(52(61-35-43-24-12-4-13-25-43)53(62-36-44-26-14-5-15-27-44)50(66-56)40-60-34-42-22-10-3-11-23-42)32-48-51(57)55(64-38-46-30-18-7-19-31-46)54(63-37-45-28-16-6-17-29-45)49(65-48)39-59-33-41-20-8-2-9-21-41/h2-32,48-57H,33-40H2,1H3/t48-,49+,50+,51-,52+,53-,54+,55+,56+/m0/s1. The van der Waals surface area contributed by atoms with Crippen molar-refractivity contribution in [3.8, 4) is 0 Å². The lowest BCUT2D eigenvalue weighted by Crippen LogP contribution is -2.60. The average molecular weight is 893 g/mol. The molecule has 0 aliphatic carbocycles. The summed E-state index contributed by atoms with van der Waals surface area (Å²) in [4.78, 5) is 0. The number of methoxy groups -OCH3 is 1. The van der Waals surface area contributed by atoms with E-state index in [0.29, 0.717) is 25.4 Å². The molecule has 8 rings (SSSR count). The maximum absolute atomic E-state index is 12.6. The minimum atomic E-state index is -1.20. The van der Waals surface area contributed by atoms with Crippen LogP contribution in [0.1, 0.15) is 33.4 Å². The molecule has 6 aromatic carbocycles. The van der Waals surface area contributed by atoms with Crippen LogP contribution >= 0.6 is 0 Å². The van der Waals surface area contributed by atoms with Crippen LogP contribution < -0.4 is 0 Å². The smallest absolute Gasteiger partial charge is 0.182 e. The van der Waals surface area contributed by atoms with Gasteiger partial charge in [-0.05, 0) is 39.5 Å². The highest BCUT2D eigenvalue weighted by molar-refractivity contribution is 5.24. The number of rotatable bonds is 22. The summed E-state index contributed by atoms with van der Waals surface area (Å²) >= 11 is 0. The van der Waals surface area contributed by atoms with Gasteiger partial charge in [0.05, 0.1) is 52.9 Å². The van der Waals surface area contributed by atoms with Gasteiger partial charge in [-0.15, -0.1) is 0 Å². The Morgan fingerprint density at radius 2 is 0.773 bits per heavy atom. The summed E-state index contributed by atoms with van der Waals surface area (Å²) in [5.74, 6) is 0. The number of hydrogen-bond donors (Lipinski definition) is 1. The van der Waals surface area contributed by atoms with Crippen molar-refractivity contribution in [2.75, 3.05) is 20.3 Å². The van der Waals surface area contributed by atoms with Crippen LogP contribution in [0.4, 0.5) is 0 Å². The van der Waals surface area contributed by atoms with E-state index < -0.39 is 55.1 Å². The van der Waals surface area contributed by atoms with E-state index in [1.165, 1.54) is 0 Å². The van der Waals surface area contributed by atoms with Gasteiger partial charge in [0.15, 0.2) is 6.29 Å². The number of ether oxygens (including phenoxy) is 9. The highest BCUT2D eigenvalue weighted by atomic mass is 16.7. The Labute approximate surface area is 388 Å². The molecule has 2 aliphatic heterocycles. The Bertz CT molecular complexity index is 2280. The van der Waals surface area contributed by atoms with Crippen LogP contribution in [-0.4, -0.2) is 80.6 Å². The highest BCUT2D eigenvalue weighted by Gasteiger charge is 2.49. The summed E-state index contributed by atoms with van der Waals surface area (Å²) in [6, 6.07) is 59.8. The second-order valence-electron chi connectivity index (χ2n) is 16.5. The van der Waals surface area contributed by atoms with Crippen molar-refractivity contribution in [2.45, 2.75) is 94.8 Å². The number of benzene rings is 6. The fraction of sp³-hybridized carbons (Fsp3) is 0.321. The second kappa shape index (κ2) is 25.0. The zero-order valence-electron chi connectivity index (χ0n) is 37.4. The highest BCUT2D eigenvalue weighted by Crippen LogP contribution is 2.36. The van der Waals surface area contributed by atoms with Crippen LogP contribution in [-0.2, 0) is 82.3 Å². The molecule has 0 bridgehead atoms. The molecule has 10 heteroatoms. The van der Waals surface area contributed by atoms with E-state index in [1.807, 2.05) is 188 Å². The number of aliphatic hydroxyl groups excluding tert-OH is 1. The first-order valence-electron chi connectivity index (χ1n) is 22.7. The SMILES string of the molecule is CO[C@@H]1O[C@H](COCc2ccccc2)[C@H](OCc2ccccc2)[C@H](OCc2ccccc2)C1=C[C@@H]1O[C@H](COCc2ccccc2)[C@@H](OCc2ccccc2)[C@H](OCc2ccccc2)[C@H]1O. The van der Waals surface area contributed by atoms with Crippen LogP contribution in [0.15, 0.2) is 194 Å². The zero-order chi connectivity index (χ0) is 45.2. The first kappa shape index (κ1) is 47.2. The third-order valence-electron chi connectivity index (χ3n) is 11.7. The molecule has 6 aromatic rings. The van der Waals surface area contributed by atoms with Crippen LogP contribution in [0.3, 0.4) is 0 Å². The van der Waals surface area contributed by atoms with Gasteiger partial charge in [-0.1, -0.05) is 182 Å². The molecular weight excluding hydrogens is 833 g/mol. The molecule has 344 valence electrons. The monoisotopic (exact) mass is 892 g/mol. The molecule has 0 aromatic heterocycles. The molecule has 1 N–H and O–H groups in total. The average Bonchev–Trinajstić information content (AvgIpc) is 3.37. The Morgan fingerprint density at radius 1 is 0.424 bits per heavy atom. The van der Waals surface area contributed by atoms with Gasteiger partial charge in [0.25, 0.3) is 0 Å². The predicted molar refractivity (Wildman–Crippen MR) is 251 cm³/mol. The van der Waals surface area contributed by atoms with E-state index in [4.69, 9.17) is 42.6 Å². The van der Waals surface area contributed by atoms with Crippen molar-refractivity contribution in [3.63, 3.8) is 0 Å². The molecule has 0 saturated carbocycles. The van der Waals surface area contributed by atoms with E-state index in [2.05, 4.69) is 0 Å². The molecule has 2 fully saturated rings. The quantitative estimate of drug-likeness (QED) is 0.0664. The van der Waals surface area contributed by atoms with E-state index in [9.17, 15) is 5.11 Å². The van der Waals surface area contributed by atoms with Crippen molar-refractivity contribution < 1.29 is 47.7 Å². The molecule has 0 spiro atoms. The van der Waals surface area contributed by atoms with E-state index in [-0.39, 0.29) is 33.0 Å². The normalized spacial score (nSPS) is 24.9. The minimum Gasteiger partial charge on any atom is -0.387 e. The summed E-state index contributed by atoms with van der Waals surface area (Å²) in [5, 5.41) is 12.6. The van der Waals surface area contributed by atoms with Gasteiger partial charge >= 0.3 is 0 Å². The maximum atomic E-state index is 12.6. The fourth-order valence-electron chi connectivity index (χ4n) is 8.32. The summed E-state index contributed by atoms with van der Waals surface area (Å²) in [7, 11) is 1.59. The van der Waals surface area contributed by atoms with Gasteiger partial charge in [0.1, 0.15) is 48.8 Å². The third-order valence-corrected chi connectivity index (χ3v) is 11.7. The molecular formula is C56H60O10. The van der Waals surface area contributed by atoms with Crippen molar-refractivity contribution >= 4 is 0 Å². The summed E-state index contributed by atoms with van der Waals surface area (Å²) in [6.07, 6.45) is -5.39. The Balaban J connectivity index is 1.14. The maximum Gasteiger partial charge on any atom is 0.182 e. The molecule has 9 atom stereocenters. The summed E-state index contributed by atoms with van der Waals surface area (Å²) in [6.45, 7) is 2.18. The van der Waals surface area contributed by atoms with Crippen LogP contribution in [0.2, 0.25) is 0 Å². The molecule has 66 heavy (non-hydrogen) atoms. The molecule has 2 heterocycles. The van der Waals surface area contributed by atoms with Crippen LogP contribution in [0.5, 0.6) is 0 Å². The van der Waals surface area contributed by atoms with Crippen LogP contribution in [0, 0.1) is 0 Å². The van der Waals surface area contributed by atoms with Gasteiger partial charge in [0.2, 0.25) is 0 Å². The first-order valence-corrected chi connectivity index (χ1v) is 22.7. The minimum absolute atomic E-state index is 0.160. The predicted octanol–water partition coefficient (Wildman–Crippen LogP) is 9.19. The lowest BCUT2D eigenvalue weighted by molar-refractivity contribution is -0.256. The third kappa shape index (κ3) is 13.4. The van der Waals surface area contributed by atoms with Gasteiger partial charge < -0.3 is 47.7 Å². The number of hydrogen-bond acceptors (Lipinski definition) is 10. The van der Waals surface area contributed by atoms with Gasteiger partial charge in [-0.2, -0.15) is 0 Å². The molecule has 2 saturated heterocycles. The lowest BCUT2D eigenvalue weighted by Gasteiger charge is -2.46. The van der Waals surface area contributed by atoms with E-state index in [1.54, 1.807) is 7.11 Å². The Kier molecular flexibility index (Phi) is 17.8. The Hall–Kier alpha value is -5.34. The van der Waals surface area contributed by atoms with Gasteiger partial charge in [-0.25, -0.2) is 0 Å². The second-order valence-corrected chi connectivity index (χ2v) is 16.5. The first-order chi connectivity index (χ1) is 32.6.